The first kappa shape index (κ1) is 86.6. The zero-order valence-electron chi connectivity index (χ0n) is 58.3. The maximum absolute atomic E-state index is 12.8. The number of phosphoric ester groups is 1. The molecule has 9 nitrogen and oxygen atoms in total. The van der Waals surface area contributed by atoms with Crippen LogP contribution in [-0.4, -0.2) is 49.3 Å². The van der Waals surface area contributed by atoms with Crippen molar-refractivity contribution in [2.24, 2.45) is 5.73 Å². The number of phosphoric acid groups is 1. The lowest BCUT2D eigenvalue weighted by atomic mass is 10.0. The molecular weight excluding hydrogens is 1150 g/mol. The fourth-order valence-corrected chi connectivity index (χ4v) is 10.7. The number of carbonyl (C=O) groups excluding carboxylic acids is 2. The maximum Gasteiger partial charge on any atom is 0.472 e. The quantitative estimate of drug-likeness (QED) is 0.0264. The number of nitrogens with two attached hydrogens (primary N) is 1. The Bertz CT molecular complexity index is 2050. The molecular formula is C81H136NO8P. The second kappa shape index (κ2) is 74.7. The molecule has 0 amide bonds. The molecule has 0 aromatic carbocycles. The van der Waals surface area contributed by atoms with E-state index in [2.05, 4.69) is 172 Å². The normalized spacial score (nSPS) is 13.8. The second-order valence-corrected chi connectivity index (χ2v) is 25.5. The summed E-state index contributed by atoms with van der Waals surface area (Å²) in [4.78, 5) is 35.4. The van der Waals surface area contributed by atoms with E-state index in [1.807, 2.05) is 0 Å². The van der Waals surface area contributed by atoms with Crippen LogP contribution in [-0.2, 0) is 32.7 Å². The van der Waals surface area contributed by atoms with Gasteiger partial charge in [0, 0.05) is 19.4 Å². The fraction of sp³-hybridized carbons (Fsp3) is 0.654. The third-order valence-electron chi connectivity index (χ3n) is 15.4. The molecule has 0 aromatic heterocycles. The van der Waals surface area contributed by atoms with Crippen molar-refractivity contribution in [1.82, 2.24) is 0 Å². The van der Waals surface area contributed by atoms with Crippen LogP contribution < -0.4 is 5.73 Å². The van der Waals surface area contributed by atoms with Gasteiger partial charge in [-0.15, -0.1) is 0 Å². The van der Waals surface area contributed by atoms with Gasteiger partial charge in [0.25, 0.3) is 0 Å². The first-order valence-corrected chi connectivity index (χ1v) is 38.5. The van der Waals surface area contributed by atoms with Crippen LogP contribution in [0.3, 0.4) is 0 Å². The lowest BCUT2D eigenvalue weighted by molar-refractivity contribution is -0.161. The molecule has 0 aliphatic heterocycles. The number of rotatable bonds is 68. The number of hydrogen-bond donors (Lipinski definition) is 2. The van der Waals surface area contributed by atoms with E-state index in [0.717, 1.165) is 122 Å². The minimum Gasteiger partial charge on any atom is -0.462 e. The third kappa shape index (κ3) is 74.5. The summed E-state index contributed by atoms with van der Waals surface area (Å²) in [5.41, 5.74) is 5.41. The number of hydrogen-bond acceptors (Lipinski definition) is 8. The molecule has 518 valence electrons. The summed E-state index contributed by atoms with van der Waals surface area (Å²) in [6.07, 6.45) is 109. The summed E-state index contributed by atoms with van der Waals surface area (Å²) >= 11 is 0. The molecule has 0 bridgehead atoms. The molecule has 0 rings (SSSR count). The Morgan fingerprint density at radius 1 is 0.341 bits per heavy atom. The van der Waals surface area contributed by atoms with Crippen molar-refractivity contribution < 1.29 is 37.6 Å². The van der Waals surface area contributed by atoms with Crippen LogP contribution in [0.5, 0.6) is 0 Å². The van der Waals surface area contributed by atoms with Crippen LogP contribution >= 0.6 is 7.82 Å². The van der Waals surface area contributed by atoms with Crippen LogP contribution in [0.15, 0.2) is 158 Å². The van der Waals surface area contributed by atoms with Gasteiger partial charge < -0.3 is 20.1 Å². The van der Waals surface area contributed by atoms with Gasteiger partial charge in [-0.2, -0.15) is 0 Å². The van der Waals surface area contributed by atoms with Crippen molar-refractivity contribution in [3.05, 3.63) is 158 Å². The van der Waals surface area contributed by atoms with E-state index in [4.69, 9.17) is 24.3 Å². The van der Waals surface area contributed by atoms with Gasteiger partial charge in [0.05, 0.1) is 13.2 Å². The summed E-state index contributed by atoms with van der Waals surface area (Å²) < 4.78 is 33.2. The maximum atomic E-state index is 12.8. The average Bonchev–Trinajstić information content (AvgIpc) is 3.71. The van der Waals surface area contributed by atoms with E-state index < -0.39 is 26.5 Å². The Kier molecular flexibility index (Phi) is 71.1. The largest absolute Gasteiger partial charge is 0.472 e. The van der Waals surface area contributed by atoms with Crippen LogP contribution in [0.4, 0.5) is 0 Å². The molecule has 0 aliphatic carbocycles. The van der Waals surface area contributed by atoms with E-state index in [1.54, 1.807) is 0 Å². The van der Waals surface area contributed by atoms with Crippen molar-refractivity contribution in [3.63, 3.8) is 0 Å². The predicted octanol–water partition coefficient (Wildman–Crippen LogP) is 24.7. The minimum absolute atomic E-state index is 0.0454. The highest BCUT2D eigenvalue weighted by molar-refractivity contribution is 7.47. The van der Waals surface area contributed by atoms with E-state index in [1.165, 1.54) is 154 Å². The van der Waals surface area contributed by atoms with Crippen molar-refractivity contribution in [3.8, 4) is 0 Å². The van der Waals surface area contributed by atoms with Gasteiger partial charge >= 0.3 is 19.8 Å². The first-order valence-electron chi connectivity index (χ1n) is 37.0. The predicted molar refractivity (Wildman–Crippen MR) is 394 cm³/mol. The molecule has 91 heavy (non-hydrogen) atoms. The Balaban J connectivity index is 3.94. The number of esters is 2. The van der Waals surface area contributed by atoms with E-state index in [0.29, 0.717) is 6.42 Å². The number of unbranched alkanes of at least 4 members (excludes halogenated alkanes) is 29. The molecule has 3 N–H and O–H groups in total. The Labute approximate surface area is 559 Å². The minimum atomic E-state index is -4.41. The second-order valence-electron chi connectivity index (χ2n) is 24.1. The van der Waals surface area contributed by atoms with Crippen LogP contribution in [0.1, 0.15) is 309 Å². The van der Waals surface area contributed by atoms with E-state index in [-0.39, 0.29) is 38.6 Å². The number of carbonyl (C=O) groups is 2. The van der Waals surface area contributed by atoms with E-state index in [9.17, 15) is 19.0 Å². The van der Waals surface area contributed by atoms with Gasteiger partial charge in [-0.05, 0) is 128 Å². The zero-order chi connectivity index (χ0) is 65.8. The Morgan fingerprint density at radius 2 is 0.604 bits per heavy atom. The Morgan fingerprint density at radius 3 is 0.901 bits per heavy atom. The molecule has 2 unspecified atom stereocenters. The monoisotopic (exact) mass is 1280 g/mol. The van der Waals surface area contributed by atoms with Gasteiger partial charge in [-0.25, -0.2) is 4.57 Å². The molecule has 0 aromatic rings. The van der Waals surface area contributed by atoms with Crippen LogP contribution in [0, 0.1) is 0 Å². The van der Waals surface area contributed by atoms with Crippen molar-refractivity contribution in [2.45, 2.75) is 315 Å². The molecule has 0 saturated heterocycles. The van der Waals surface area contributed by atoms with Crippen molar-refractivity contribution in [2.75, 3.05) is 26.4 Å². The lowest BCUT2D eigenvalue weighted by Crippen LogP contribution is -2.29. The number of ether oxygens (including phenoxy) is 2. The summed E-state index contributed by atoms with van der Waals surface area (Å²) in [5, 5.41) is 0. The highest BCUT2D eigenvalue weighted by Crippen LogP contribution is 2.43. The van der Waals surface area contributed by atoms with Gasteiger partial charge in [0.1, 0.15) is 6.61 Å². The molecule has 10 heteroatoms. The van der Waals surface area contributed by atoms with Crippen LogP contribution in [0.2, 0.25) is 0 Å². The number of allylic oxidation sites excluding steroid dienone is 26. The lowest BCUT2D eigenvalue weighted by Gasteiger charge is -2.19. The van der Waals surface area contributed by atoms with Gasteiger partial charge in [-0.3, -0.25) is 18.6 Å². The first-order chi connectivity index (χ1) is 44.8. The van der Waals surface area contributed by atoms with Crippen molar-refractivity contribution >= 4 is 19.8 Å². The molecule has 0 radical (unpaired) electrons. The van der Waals surface area contributed by atoms with Gasteiger partial charge in [-0.1, -0.05) is 326 Å². The SMILES string of the molecule is CC/C=C\C/C=C\C/C=C\C/C=C\C/C=C\C/C=C\C/C=C\C/C=C\C/C=C\C/C=C\CCCCCCCCCCC(=O)OC(COC(=O)CCCCCCCCCCCCCCCCCC/C=C\C/C=C\C/C=C\CCCCCCC)COP(=O)(O)OCCN. The fourth-order valence-electron chi connectivity index (χ4n) is 9.97. The summed E-state index contributed by atoms with van der Waals surface area (Å²) in [7, 11) is -4.41. The smallest absolute Gasteiger partial charge is 0.462 e. The molecule has 0 heterocycles. The average molecular weight is 1280 g/mol. The molecule has 0 spiro atoms. The summed E-state index contributed by atoms with van der Waals surface area (Å²) in [6, 6.07) is 0. The highest BCUT2D eigenvalue weighted by atomic mass is 31.2. The van der Waals surface area contributed by atoms with Crippen LogP contribution in [0.25, 0.3) is 0 Å². The summed E-state index contributed by atoms with van der Waals surface area (Å²) in [6.45, 7) is 3.62. The molecule has 2 atom stereocenters. The zero-order valence-corrected chi connectivity index (χ0v) is 59.2. The molecule has 0 aliphatic rings. The molecule has 0 fully saturated rings. The highest BCUT2D eigenvalue weighted by Gasteiger charge is 2.26. The standard InChI is InChI=1S/C81H136NO8P/c1-3-5-7-9-11-13-15-17-19-21-23-25-27-29-31-33-35-36-37-38-39-40-41-42-44-46-48-50-52-54-56-58-60-62-64-66-68-70-72-74-81(84)90-79(78-89-91(85,86)88-76-75-82)77-87-80(83)73-71-69-67-65-63-61-59-57-55-53-51-49-47-45-43-34-32-30-28-26-24-22-20-18-16-14-12-10-8-6-4-2/h5,7,11,13,16-19,22-25,28-31,35-36,38-39,41-42,46,48,52,54,79H,3-4,6,8-10,12,14-15,20-21,26-27,32-34,37,40,43-45,47,49-51,53,55-78,82H2,1-2H3,(H,85,86)/b7-5-,13-11-,18-16-,19-17-,24-22-,25-23-,30-28-,31-29-,36-35-,39-38-,42-41-,48-46-,54-52-. The topological polar surface area (TPSA) is 134 Å². The third-order valence-corrected chi connectivity index (χ3v) is 16.4. The van der Waals surface area contributed by atoms with E-state index >= 15 is 0 Å². The van der Waals surface area contributed by atoms with Gasteiger partial charge in [0.15, 0.2) is 6.10 Å². The van der Waals surface area contributed by atoms with Crippen molar-refractivity contribution in [1.29, 1.82) is 0 Å². The Hall–Kier alpha value is -4.37. The summed E-state index contributed by atoms with van der Waals surface area (Å²) in [5.74, 6) is -0.838. The van der Waals surface area contributed by atoms with Gasteiger partial charge in [0.2, 0.25) is 0 Å². The molecule has 0 saturated carbocycles.